The van der Waals surface area contributed by atoms with Gasteiger partial charge in [0.2, 0.25) is 0 Å². The van der Waals surface area contributed by atoms with Crippen LogP contribution in [0.15, 0.2) is 46.2 Å². The van der Waals surface area contributed by atoms with Crippen molar-refractivity contribution < 1.29 is 23.6 Å². The third-order valence-electron chi connectivity index (χ3n) is 4.57. The second kappa shape index (κ2) is 10.1. The van der Waals surface area contributed by atoms with E-state index < -0.39 is 0 Å². The highest BCUT2D eigenvalue weighted by molar-refractivity contribution is 7.13. The van der Waals surface area contributed by atoms with E-state index in [1.807, 2.05) is 42.6 Å². The SMILES string of the molecule is COCC[NH+](Cc1nnc(-c2cccs2)o1)[C@@H](C)C(=O)Nc1ccccc1OC. The summed E-state index contributed by atoms with van der Waals surface area (Å²) in [6, 6.07) is 10.8. The molecule has 1 amide bonds. The Morgan fingerprint density at radius 2 is 2.07 bits per heavy atom. The van der Waals surface area contributed by atoms with Gasteiger partial charge in [-0.05, 0) is 30.5 Å². The number of ether oxygens (including phenoxy) is 2. The molecule has 2 aromatic heterocycles. The molecule has 2 N–H and O–H groups in total. The molecule has 0 aliphatic heterocycles. The van der Waals surface area contributed by atoms with Crippen molar-refractivity contribution in [1.29, 1.82) is 0 Å². The van der Waals surface area contributed by atoms with Crippen LogP contribution in [0.3, 0.4) is 0 Å². The normalized spacial score (nSPS) is 13.1. The number of anilines is 1. The summed E-state index contributed by atoms with van der Waals surface area (Å²) >= 11 is 1.54. The quantitative estimate of drug-likeness (QED) is 0.523. The molecule has 0 bridgehead atoms. The lowest BCUT2D eigenvalue weighted by molar-refractivity contribution is -0.929. The number of carbonyl (C=O) groups is 1. The molecule has 3 rings (SSSR count). The largest absolute Gasteiger partial charge is 0.495 e. The Kier molecular flexibility index (Phi) is 7.34. The zero-order valence-electron chi connectivity index (χ0n) is 16.7. The third-order valence-corrected chi connectivity index (χ3v) is 5.43. The van der Waals surface area contributed by atoms with E-state index in [0.29, 0.717) is 42.9 Å². The van der Waals surface area contributed by atoms with E-state index in [1.54, 1.807) is 20.3 Å². The van der Waals surface area contributed by atoms with Gasteiger partial charge in [0.05, 0.1) is 24.3 Å². The highest BCUT2D eigenvalue weighted by Gasteiger charge is 2.28. The lowest BCUT2D eigenvalue weighted by atomic mass is 10.2. The van der Waals surface area contributed by atoms with E-state index in [9.17, 15) is 4.79 Å². The molecule has 2 heterocycles. The van der Waals surface area contributed by atoms with Gasteiger partial charge < -0.3 is 24.1 Å². The summed E-state index contributed by atoms with van der Waals surface area (Å²) in [6.45, 7) is 3.41. The van der Waals surface area contributed by atoms with Crippen LogP contribution in [-0.4, -0.2) is 49.5 Å². The first kappa shape index (κ1) is 21.0. The first-order valence-electron chi connectivity index (χ1n) is 9.26. The minimum Gasteiger partial charge on any atom is -0.495 e. The van der Waals surface area contributed by atoms with Gasteiger partial charge in [-0.3, -0.25) is 4.79 Å². The summed E-state index contributed by atoms with van der Waals surface area (Å²) in [6.07, 6.45) is 0. The van der Waals surface area contributed by atoms with Gasteiger partial charge in [0.1, 0.15) is 12.3 Å². The standard InChI is InChI=1S/C20H24N4O4S/c1-14(19(25)21-15-7-4-5-8-16(15)27-3)24(10-11-26-2)13-18-22-23-20(28-18)17-9-6-12-29-17/h4-9,12,14H,10-11,13H2,1-3H3,(H,21,25)/p+1/t14-/m0/s1. The molecule has 29 heavy (non-hydrogen) atoms. The fourth-order valence-electron chi connectivity index (χ4n) is 2.88. The van der Waals surface area contributed by atoms with Crippen molar-refractivity contribution in [1.82, 2.24) is 10.2 Å². The molecule has 1 aromatic carbocycles. The summed E-state index contributed by atoms with van der Waals surface area (Å²) in [5.41, 5.74) is 0.635. The van der Waals surface area contributed by atoms with Crippen LogP contribution in [-0.2, 0) is 16.1 Å². The number of nitrogens with zero attached hydrogens (tertiary/aromatic N) is 2. The van der Waals surface area contributed by atoms with Crippen LogP contribution in [0.1, 0.15) is 12.8 Å². The van der Waals surface area contributed by atoms with Gasteiger partial charge in [0.25, 0.3) is 17.7 Å². The number of hydrogen-bond donors (Lipinski definition) is 2. The van der Waals surface area contributed by atoms with E-state index >= 15 is 0 Å². The number of methoxy groups -OCH3 is 2. The Morgan fingerprint density at radius 3 is 2.79 bits per heavy atom. The van der Waals surface area contributed by atoms with Crippen LogP contribution < -0.4 is 15.0 Å². The van der Waals surface area contributed by atoms with E-state index in [4.69, 9.17) is 13.9 Å². The Morgan fingerprint density at radius 1 is 1.24 bits per heavy atom. The number of para-hydroxylation sites is 2. The highest BCUT2D eigenvalue weighted by Crippen LogP contribution is 2.23. The number of rotatable bonds is 10. The number of thiophene rings is 1. The second-order valence-electron chi connectivity index (χ2n) is 6.47. The lowest BCUT2D eigenvalue weighted by Crippen LogP contribution is -3.15. The molecule has 0 fully saturated rings. The summed E-state index contributed by atoms with van der Waals surface area (Å²) in [5.74, 6) is 1.46. The van der Waals surface area contributed by atoms with Gasteiger partial charge in [-0.25, -0.2) is 0 Å². The van der Waals surface area contributed by atoms with Crippen molar-refractivity contribution in [3.63, 3.8) is 0 Å². The fraction of sp³-hybridized carbons (Fsp3) is 0.350. The van der Waals surface area contributed by atoms with Crippen LogP contribution in [0.5, 0.6) is 5.75 Å². The monoisotopic (exact) mass is 417 g/mol. The molecule has 0 aliphatic rings. The minimum atomic E-state index is -0.368. The molecular formula is C20H25N4O4S+. The van der Waals surface area contributed by atoms with Gasteiger partial charge in [0.15, 0.2) is 12.6 Å². The van der Waals surface area contributed by atoms with Crippen LogP contribution in [0.2, 0.25) is 0 Å². The average molecular weight is 418 g/mol. The molecule has 154 valence electrons. The lowest BCUT2D eigenvalue weighted by Gasteiger charge is -2.24. The summed E-state index contributed by atoms with van der Waals surface area (Å²) < 4.78 is 16.3. The first-order valence-corrected chi connectivity index (χ1v) is 10.1. The molecule has 9 heteroatoms. The Labute approximate surface area is 173 Å². The Bertz CT molecular complexity index is 913. The number of hydrogen-bond acceptors (Lipinski definition) is 7. The minimum absolute atomic E-state index is 0.126. The molecule has 8 nitrogen and oxygen atoms in total. The topological polar surface area (TPSA) is 90.9 Å². The van der Waals surface area contributed by atoms with Crippen molar-refractivity contribution in [2.24, 2.45) is 0 Å². The van der Waals surface area contributed by atoms with Gasteiger partial charge in [-0.15, -0.1) is 21.5 Å². The average Bonchev–Trinajstić information content (AvgIpc) is 3.42. The summed E-state index contributed by atoms with van der Waals surface area (Å²) in [7, 11) is 3.21. The predicted molar refractivity (Wildman–Crippen MR) is 110 cm³/mol. The first-order chi connectivity index (χ1) is 14.1. The maximum Gasteiger partial charge on any atom is 0.282 e. The number of aromatic nitrogens is 2. The van der Waals surface area contributed by atoms with Crippen LogP contribution in [0, 0.1) is 0 Å². The molecular weight excluding hydrogens is 392 g/mol. The maximum atomic E-state index is 12.9. The van der Waals surface area contributed by atoms with E-state index in [1.165, 1.54) is 11.3 Å². The maximum absolute atomic E-state index is 12.9. The van der Waals surface area contributed by atoms with Crippen LogP contribution >= 0.6 is 11.3 Å². The Hall–Kier alpha value is -2.75. The van der Waals surface area contributed by atoms with E-state index in [0.717, 1.165) is 9.78 Å². The van der Waals surface area contributed by atoms with Gasteiger partial charge >= 0.3 is 0 Å². The summed E-state index contributed by atoms with van der Waals surface area (Å²) in [5, 5.41) is 13.2. The molecule has 0 radical (unpaired) electrons. The molecule has 0 aliphatic carbocycles. The predicted octanol–water partition coefficient (Wildman–Crippen LogP) is 1.87. The zero-order chi connectivity index (χ0) is 20.6. The molecule has 0 saturated carbocycles. The van der Waals surface area contributed by atoms with Crippen molar-refractivity contribution >= 4 is 22.9 Å². The number of quaternary nitrogens is 1. The number of nitrogens with one attached hydrogen (secondary N) is 2. The van der Waals surface area contributed by atoms with Crippen molar-refractivity contribution in [3.05, 3.63) is 47.7 Å². The molecule has 3 aromatic rings. The number of benzene rings is 1. The van der Waals surface area contributed by atoms with Crippen LogP contribution in [0.25, 0.3) is 10.8 Å². The highest BCUT2D eigenvalue weighted by atomic mass is 32.1. The molecule has 0 saturated heterocycles. The number of carbonyl (C=O) groups excluding carboxylic acids is 1. The summed E-state index contributed by atoms with van der Waals surface area (Å²) in [4.78, 5) is 14.8. The molecule has 1 unspecified atom stereocenters. The second-order valence-corrected chi connectivity index (χ2v) is 7.41. The van der Waals surface area contributed by atoms with Gasteiger partial charge in [0, 0.05) is 7.11 Å². The van der Waals surface area contributed by atoms with Gasteiger partial charge in [-0.2, -0.15) is 0 Å². The Balaban J connectivity index is 1.70. The van der Waals surface area contributed by atoms with Crippen molar-refractivity contribution in [3.8, 4) is 16.5 Å². The van der Waals surface area contributed by atoms with Crippen LogP contribution in [0.4, 0.5) is 5.69 Å². The smallest absolute Gasteiger partial charge is 0.282 e. The third kappa shape index (κ3) is 5.41. The number of amides is 1. The zero-order valence-corrected chi connectivity index (χ0v) is 17.5. The van der Waals surface area contributed by atoms with E-state index in [2.05, 4.69) is 15.5 Å². The van der Waals surface area contributed by atoms with E-state index in [-0.39, 0.29) is 11.9 Å². The van der Waals surface area contributed by atoms with Gasteiger partial charge in [-0.1, -0.05) is 18.2 Å². The molecule has 2 atom stereocenters. The van der Waals surface area contributed by atoms with Crippen molar-refractivity contribution in [2.75, 3.05) is 32.7 Å². The molecule has 0 spiro atoms. The fourth-order valence-corrected chi connectivity index (χ4v) is 3.53. The van der Waals surface area contributed by atoms with Crippen molar-refractivity contribution in [2.45, 2.75) is 19.5 Å².